The van der Waals surface area contributed by atoms with E-state index in [0.29, 0.717) is 21.0 Å². The molecule has 1 N–H and O–H groups in total. The number of aromatic nitrogens is 3. The van der Waals surface area contributed by atoms with Crippen molar-refractivity contribution in [1.82, 2.24) is 14.8 Å². The van der Waals surface area contributed by atoms with Gasteiger partial charge in [-0.15, -0.1) is 5.10 Å². The fraction of sp³-hybridized carbons (Fsp3) is 0.100. The predicted octanol–water partition coefficient (Wildman–Crippen LogP) is 3.34. The average Bonchev–Trinajstić information content (AvgIpc) is 2.69. The van der Waals surface area contributed by atoms with Crippen LogP contribution in [0.5, 0.6) is 0 Å². The Labute approximate surface area is 120 Å². The summed E-state index contributed by atoms with van der Waals surface area (Å²) in [6, 6.07) is 3.37. The quantitative estimate of drug-likeness (QED) is 0.843. The Balaban J connectivity index is 2.62. The molecule has 0 radical (unpaired) electrons. The molecule has 18 heavy (non-hydrogen) atoms. The molecule has 5 nitrogen and oxygen atoms in total. The molecule has 1 aromatic carbocycles. The lowest BCUT2D eigenvalue weighted by atomic mass is 10.3. The van der Waals surface area contributed by atoms with Crippen molar-refractivity contribution in [2.24, 2.45) is 0 Å². The summed E-state index contributed by atoms with van der Waals surface area (Å²) >= 11 is 15.3. The Kier molecular flexibility index (Phi) is 3.61. The van der Waals surface area contributed by atoms with Crippen LogP contribution in [0.25, 0.3) is 5.69 Å². The highest BCUT2D eigenvalue weighted by Gasteiger charge is 2.17. The maximum Gasteiger partial charge on any atom is 0.375 e. The van der Waals surface area contributed by atoms with E-state index in [0.717, 1.165) is 0 Å². The second kappa shape index (κ2) is 4.87. The van der Waals surface area contributed by atoms with Crippen molar-refractivity contribution in [1.29, 1.82) is 0 Å². The molecule has 2 aromatic rings. The molecule has 0 bridgehead atoms. The van der Waals surface area contributed by atoms with E-state index in [2.05, 4.69) is 26.0 Å². The minimum absolute atomic E-state index is 0.274. The van der Waals surface area contributed by atoms with Gasteiger partial charge in [-0.2, -0.15) is 0 Å². The van der Waals surface area contributed by atoms with Crippen LogP contribution < -0.4 is 0 Å². The van der Waals surface area contributed by atoms with Crippen LogP contribution >= 0.6 is 39.1 Å². The minimum Gasteiger partial charge on any atom is -0.475 e. The molecule has 0 fully saturated rings. The number of rotatable bonds is 2. The van der Waals surface area contributed by atoms with Gasteiger partial charge in [0.2, 0.25) is 0 Å². The third-order valence-electron chi connectivity index (χ3n) is 2.20. The lowest BCUT2D eigenvalue weighted by Gasteiger charge is -2.07. The Morgan fingerprint density at radius 1 is 1.39 bits per heavy atom. The second-order valence-corrected chi connectivity index (χ2v) is 5.00. The maximum atomic E-state index is 10.8. The van der Waals surface area contributed by atoms with Crippen LogP contribution in [0.4, 0.5) is 0 Å². The van der Waals surface area contributed by atoms with Gasteiger partial charge < -0.3 is 5.11 Å². The smallest absolute Gasteiger partial charge is 0.375 e. The number of carboxylic acid groups (broad SMARTS) is 1. The van der Waals surface area contributed by atoms with Crippen molar-refractivity contribution >= 4 is 45.1 Å². The molecule has 1 aromatic heterocycles. The topological polar surface area (TPSA) is 68.0 Å². The molecule has 0 saturated heterocycles. The number of benzene rings is 1. The van der Waals surface area contributed by atoms with Gasteiger partial charge in [0.05, 0.1) is 15.7 Å². The first-order valence-electron chi connectivity index (χ1n) is 4.72. The summed E-state index contributed by atoms with van der Waals surface area (Å²) in [6.45, 7) is 1.63. The Hall–Kier alpha value is -1.11. The van der Waals surface area contributed by atoms with Crippen LogP contribution in [0.2, 0.25) is 10.0 Å². The molecule has 0 amide bonds. The summed E-state index contributed by atoms with van der Waals surface area (Å²) in [5.41, 5.74) is 0.474. The highest BCUT2D eigenvalue weighted by molar-refractivity contribution is 9.10. The zero-order chi connectivity index (χ0) is 13.4. The molecule has 0 unspecified atom stereocenters. The summed E-state index contributed by atoms with van der Waals surface area (Å²) < 4.78 is 1.98. The standard InChI is InChI=1S/C10H6BrCl2N3O2/c1-4-14-9(10(17)18)15-16(4)6-3-2-5(11)7(12)8(6)13/h2-3H,1H3,(H,17,18). The molecule has 2 rings (SSSR count). The lowest BCUT2D eigenvalue weighted by molar-refractivity contribution is 0.0683. The first kappa shape index (κ1) is 13.3. The molecule has 0 saturated carbocycles. The first-order valence-corrected chi connectivity index (χ1v) is 6.27. The third kappa shape index (κ3) is 2.23. The van der Waals surface area contributed by atoms with Crippen molar-refractivity contribution in [3.05, 3.63) is 38.3 Å². The number of hydrogen-bond acceptors (Lipinski definition) is 3. The van der Waals surface area contributed by atoms with E-state index in [-0.39, 0.29) is 10.8 Å². The van der Waals surface area contributed by atoms with Crippen LogP contribution in [-0.2, 0) is 0 Å². The van der Waals surface area contributed by atoms with Crippen LogP contribution in [0.1, 0.15) is 16.4 Å². The fourth-order valence-corrected chi connectivity index (χ4v) is 2.24. The third-order valence-corrected chi connectivity index (χ3v) is 3.96. The number of nitrogens with zero attached hydrogens (tertiary/aromatic N) is 3. The van der Waals surface area contributed by atoms with E-state index >= 15 is 0 Å². The molecule has 0 spiro atoms. The van der Waals surface area contributed by atoms with Gasteiger partial charge >= 0.3 is 5.97 Å². The molecule has 8 heteroatoms. The minimum atomic E-state index is -1.20. The number of aryl methyl sites for hydroxylation is 1. The molecule has 0 aliphatic heterocycles. The van der Waals surface area contributed by atoms with E-state index in [1.54, 1.807) is 19.1 Å². The SMILES string of the molecule is Cc1nc(C(=O)O)nn1-c1ccc(Br)c(Cl)c1Cl. The molecule has 0 aliphatic rings. The Bertz CT molecular complexity index is 642. The normalized spacial score (nSPS) is 10.7. The molecule has 94 valence electrons. The van der Waals surface area contributed by atoms with Crippen molar-refractivity contribution in [3.63, 3.8) is 0 Å². The van der Waals surface area contributed by atoms with Crippen molar-refractivity contribution in [3.8, 4) is 5.69 Å². The number of carboxylic acids is 1. The predicted molar refractivity (Wildman–Crippen MR) is 70.8 cm³/mol. The second-order valence-electron chi connectivity index (χ2n) is 3.39. The summed E-state index contributed by atoms with van der Waals surface area (Å²) in [5, 5.41) is 13.3. The highest BCUT2D eigenvalue weighted by Crippen LogP contribution is 2.34. The summed E-state index contributed by atoms with van der Waals surface area (Å²) in [5.74, 6) is -1.08. The zero-order valence-electron chi connectivity index (χ0n) is 8.99. The van der Waals surface area contributed by atoms with Gasteiger partial charge in [0.15, 0.2) is 0 Å². The van der Waals surface area contributed by atoms with Gasteiger partial charge in [0, 0.05) is 4.47 Å². The number of aromatic carboxylic acids is 1. The van der Waals surface area contributed by atoms with Crippen molar-refractivity contribution in [2.45, 2.75) is 6.92 Å². The molecule has 0 aliphatic carbocycles. The zero-order valence-corrected chi connectivity index (χ0v) is 12.1. The molecule has 1 heterocycles. The largest absolute Gasteiger partial charge is 0.475 e. The van der Waals surface area contributed by atoms with E-state index < -0.39 is 5.97 Å². The Morgan fingerprint density at radius 3 is 2.61 bits per heavy atom. The van der Waals surface area contributed by atoms with Gasteiger partial charge in [-0.1, -0.05) is 23.2 Å². The van der Waals surface area contributed by atoms with E-state index in [1.807, 2.05) is 0 Å². The number of carbonyl (C=O) groups is 1. The Morgan fingerprint density at radius 2 is 2.06 bits per heavy atom. The van der Waals surface area contributed by atoms with Crippen LogP contribution in [-0.4, -0.2) is 25.8 Å². The van der Waals surface area contributed by atoms with E-state index in [9.17, 15) is 4.79 Å². The average molecular weight is 351 g/mol. The fourth-order valence-electron chi connectivity index (χ4n) is 1.39. The summed E-state index contributed by atoms with van der Waals surface area (Å²) in [4.78, 5) is 14.6. The molecular weight excluding hydrogens is 345 g/mol. The van der Waals surface area contributed by atoms with Crippen molar-refractivity contribution < 1.29 is 9.90 Å². The maximum absolute atomic E-state index is 10.8. The van der Waals surface area contributed by atoms with Gasteiger partial charge in [0.25, 0.3) is 5.82 Å². The summed E-state index contributed by atoms with van der Waals surface area (Å²) in [7, 11) is 0. The van der Waals surface area contributed by atoms with Crippen molar-refractivity contribution in [2.75, 3.05) is 0 Å². The molecular formula is C10H6BrCl2N3O2. The highest BCUT2D eigenvalue weighted by atomic mass is 79.9. The number of halogens is 3. The molecule has 0 atom stereocenters. The monoisotopic (exact) mass is 349 g/mol. The van der Waals surface area contributed by atoms with E-state index in [1.165, 1.54) is 4.68 Å². The van der Waals surface area contributed by atoms with Gasteiger partial charge in [-0.25, -0.2) is 14.5 Å². The van der Waals surface area contributed by atoms with Crippen LogP contribution in [0.3, 0.4) is 0 Å². The van der Waals surface area contributed by atoms with Gasteiger partial charge in [0.1, 0.15) is 5.82 Å². The van der Waals surface area contributed by atoms with E-state index in [4.69, 9.17) is 28.3 Å². The summed E-state index contributed by atoms with van der Waals surface area (Å²) in [6.07, 6.45) is 0. The first-order chi connectivity index (χ1) is 8.41. The van der Waals surface area contributed by atoms with Crippen LogP contribution in [0, 0.1) is 6.92 Å². The lowest BCUT2D eigenvalue weighted by Crippen LogP contribution is -2.03. The van der Waals surface area contributed by atoms with Gasteiger partial charge in [-0.05, 0) is 35.0 Å². The van der Waals surface area contributed by atoms with Crippen LogP contribution in [0.15, 0.2) is 16.6 Å². The number of hydrogen-bond donors (Lipinski definition) is 1. The van der Waals surface area contributed by atoms with Gasteiger partial charge in [-0.3, -0.25) is 0 Å².